The minimum atomic E-state index is 0.563. The van der Waals surface area contributed by atoms with E-state index in [9.17, 15) is 0 Å². The first-order valence-electron chi connectivity index (χ1n) is 6.64. The summed E-state index contributed by atoms with van der Waals surface area (Å²) in [5.41, 5.74) is 1.10. The van der Waals surface area contributed by atoms with E-state index in [1.807, 2.05) is 12.1 Å². The summed E-state index contributed by atoms with van der Waals surface area (Å²) in [5, 5.41) is 3.35. The van der Waals surface area contributed by atoms with Crippen molar-refractivity contribution in [2.45, 2.75) is 32.1 Å². The molecule has 4 nitrogen and oxygen atoms in total. The molecular weight excluding hydrogens is 306 g/mol. The largest absolute Gasteiger partial charge is 0.461 e. The number of aromatic nitrogens is 2. The zero-order valence-electron chi connectivity index (χ0n) is 10.8. The second-order valence-electron chi connectivity index (χ2n) is 4.77. The Morgan fingerprint density at radius 2 is 2.26 bits per heavy atom. The van der Waals surface area contributed by atoms with Gasteiger partial charge in [-0.25, -0.2) is 9.97 Å². The van der Waals surface area contributed by atoms with Gasteiger partial charge in [0.15, 0.2) is 11.6 Å². The van der Waals surface area contributed by atoms with Crippen molar-refractivity contribution in [3.8, 4) is 11.6 Å². The topological polar surface area (TPSA) is 51.0 Å². The van der Waals surface area contributed by atoms with Gasteiger partial charge in [-0.1, -0.05) is 6.92 Å². The van der Waals surface area contributed by atoms with E-state index in [1.54, 1.807) is 6.26 Å². The lowest BCUT2D eigenvalue weighted by atomic mass is 10.2. The van der Waals surface area contributed by atoms with Crippen molar-refractivity contribution < 1.29 is 4.42 Å². The number of nitrogens with zero attached hydrogens (tertiary/aromatic N) is 2. The summed E-state index contributed by atoms with van der Waals surface area (Å²) in [6.07, 6.45) is 5.13. The summed E-state index contributed by atoms with van der Waals surface area (Å²) < 4.78 is 6.40. The number of rotatable bonds is 5. The predicted molar refractivity (Wildman–Crippen MR) is 78.2 cm³/mol. The van der Waals surface area contributed by atoms with Crippen LogP contribution in [0.5, 0.6) is 0 Å². The summed E-state index contributed by atoms with van der Waals surface area (Å²) in [6.45, 7) is 3.04. The average Bonchev–Trinajstić information content (AvgIpc) is 3.11. The maximum atomic E-state index is 5.41. The monoisotopic (exact) mass is 321 g/mol. The van der Waals surface area contributed by atoms with Gasteiger partial charge in [0.25, 0.3) is 0 Å². The average molecular weight is 322 g/mol. The highest BCUT2D eigenvalue weighted by atomic mass is 79.9. The quantitative estimate of drug-likeness (QED) is 0.896. The highest BCUT2D eigenvalue weighted by Gasteiger charge is 2.29. The Bertz CT molecular complexity index is 564. The van der Waals surface area contributed by atoms with Crippen LogP contribution in [0.15, 0.2) is 27.3 Å². The van der Waals surface area contributed by atoms with Crippen LogP contribution >= 0.6 is 15.9 Å². The van der Waals surface area contributed by atoms with Gasteiger partial charge in [0.2, 0.25) is 0 Å². The third kappa shape index (κ3) is 2.66. The summed E-state index contributed by atoms with van der Waals surface area (Å²) in [4.78, 5) is 9.21. The van der Waals surface area contributed by atoms with Crippen LogP contribution in [-0.4, -0.2) is 16.5 Å². The van der Waals surface area contributed by atoms with Crippen LogP contribution in [0.2, 0.25) is 0 Å². The molecular formula is C14H16BrN3O. The molecule has 0 unspecified atom stereocenters. The fraction of sp³-hybridized carbons (Fsp3) is 0.429. The number of furan rings is 1. The molecule has 5 heteroatoms. The lowest BCUT2D eigenvalue weighted by molar-refractivity contribution is 0.576. The lowest BCUT2D eigenvalue weighted by Gasteiger charge is -2.11. The molecule has 0 amide bonds. The first-order valence-corrected chi connectivity index (χ1v) is 7.44. The Hall–Kier alpha value is -1.36. The van der Waals surface area contributed by atoms with E-state index in [0.717, 1.165) is 29.0 Å². The zero-order chi connectivity index (χ0) is 13.2. The van der Waals surface area contributed by atoms with Crippen molar-refractivity contribution in [3.05, 3.63) is 28.6 Å². The summed E-state index contributed by atoms with van der Waals surface area (Å²) in [5.74, 6) is 2.81. The maximum absolute atomic E-state index is 5.41. The van der Waals surface area contributed by atoms with Crippen LogP contribution in [0.3, 0.4) is 0 Å². The molecule has 19 heavy (non-hydrogen) atoms. The maximum Gasteiger partial charge on any atom is 0.197 e. The molecule has 3 rings (SSSR count). The molecule has 0 aromatic carbocycles. The van der Waals surface area contributed by atoms with E-state index in [2.05, 4.69) is 38.1 Å². The molecule has 2 aromatic rings. The normalized spacial score (nSPS) is 14.6. The van der Waals surface area contributed by atoms with Gasteiger partial charge >= 0.3 is 0 Å². The molecule has 1 N–H and O–H groups in total. The van der Waals surface area contributed by atoms with E-state index in [-0.39, 0.29) is 0 Å². The van der Waals surface area contributed by atoms with Gasteiger partial charge in [0, 0.05) is 12.5 Å². The molecule has 0 aliphatic heterocycles. The highest BCUT2D eigenvalue weighted by Crippen LogP contribution is 2.44. The molecule has 0 atom stereocenters. The molecule has 1 aliphatic carbocycles. The van der Waals surface area contributed by atoms with Crippen molar-refractivity contribution in [2.75, 3.05) is 11.9 Å². The van der Waals surface area contributed by atoms with Crippen LogP contribution in [0.25, 0.3) is 11.6 Å². The molecule has 0 saturated heterocycles. The third-order valence-corrected chi connectivity index (χ3v) is 3.91. The molecule has 1 fully saturated rings. The van der Waals surface area contributed by atoms with Gasteiger partial charge in [-0.2, -0.15) is 0 Å². The lowest BCUT2D eigenvalue weighted by Crippen LogP contribution is -2.07. The molecule has 0 radical (unpaired) electrons. The molecule has 2 heterocycles. The fourth-order valence-electron chi connectivity index (χ4n) is 1.97. The molecule has 1 aliphatic rings. The van der Waals surface area contributed by atoms with E-state index in [0.29, 0.717) is 17.5 Å². The van der Waals surface area contributed by atoms with Gasteiger partial charge in [0.05, 0.1) is 16.4 Å². The standard InChI is InChI=1S/C14H16BrN3O/c1-2-7-16-14-11(15)12(9-5-6-9)17-13(18-14)10-4-3-8-19-10/h3-4,8-9H,2,5-7H2,1H3,(H,16,17,18). The minimum absolute atomic E-state index is 0.563. The van der Waals surface area contributed by atoms with Crippen LogP contribution in [0.1, 0.15) is 37.8 Å². The minimum Gasteiger partial charge on any atom is -0.461 e. The van der Waals surface area contributed by atoms with Gasteiger partial charge < -0.3 is 9.73 Å². The predicted octanol–water partition coefficient (Wildman–Crippen LogP) is 4.20. The van der Waals surface area contributed by atoms with Crippen molar-refractivity contribution in [1.29, 1.82) is 0 Å². The van der Waals surface area contributed by atoms with E-state index >= 15 is 0 Å². The molecule has 2 aromatic heterocycles. The molecule has 0 bridgehead atoms. The summed E-state index contributed by atoms with van der Waals surface area (Å²) >= 11 is 3.63. The Morgan fingerprint density at radius 3 is 2.89 bits per heavy atom. The van der Waals surface area contributed by atoms with Gasteiger partial charge in [-0.05, 0) is 47.3 Å². The van der Waals surface area contributed by atoms with Crippen LogP contribution in [0.4, 0.5) is 5.82 Å². The third-order valence-electron chi connectivity index (χ3n) is 3.12. The SMILES string of the molecule is CCCNc1nc(-c2ccco2)nc(C2CC2)c1Br. The number of nitrogens with one attached hydrogen (secondary N) is 1. The first-order chi connectivity index (χ1) is 9.29. The first kappa shape index (κ1) is 12.7. The van der Waals surface area contributed by atoms with Crippen molar-refractivity contribution in [3.63, 3.8) is 0 Å². The van der Waals surface area contributed by atoms with Crippen molar-refractivity contribution in [2.24, 2.45) is 0 Å². The zero-order valence-corrected chi connectivity index (χ0v) is 12.4. The van der Waals surface area contributed by atoms with Crippen molar-refractivity contribution in [1.82, 2.24) is 9.97 Å². The van der Waals surface area contributed by atoms with Crippen molar-refractivity contribution >= 4 is 21.7 Å². The Labute approximate surface area is 120 Å². The Kier molecular flexibility index (Phi) is 3.55. The van der Waals surface area contributed by atoms with Crippen LogP contribution in [-0.2, 0) is 0 Å². The smallest absolute Gasteiger partial charge is 0.197 e. The highest BCUT2D eigenvalue weighted by molar-refractivity contribution is 9.10. The molecule has 0 spiro atoms. The van der Waals surface area contributed by atoms with Gasteiger partial charge in [-0.15, -0.1) is 0 Å². The number of halogens is 1. The number of hydrogen-bond donors (Lipinski definition) is 1. The second kappa shape index (κ2) is 5.33. The van der Waals surface area contributed by atoms with Gasteiger partial charge in [0.1, 0.15) is 5.82 Å². The molecule has 1 saturated carbocycles. The Balaban J connectivity index is 2.02. The van der Waals surface area contributed by atoms with E-state index in [1.165, 1.54) is 12.8 Å². The molecule has 100 valence electrons. The number of anilines is 1. The second-order valence-corrected chi connectivity index (χ2v) is 5.57. The Morgan fingerprint density at radius 1 is 1.42 bits per heavy atom. The van der Waals surface area contributed by atoms with E-state index < -0.39 is 0 Å². The summed E-state index contributed by atoms with van der Waals surface area (Å²) in [6, 6.07) is 3.75. The number of hydrogen-bond acceptors (Lipinski definition) is 4. The van der Waals surface area contributed by atoms with Crippen LogP contribution in [0, 0.1) is 0 Å². The van der Waals surface area contributed by atoms with E-state index in [4.69, 9.17) is 4.42 Å². The van der Waals surface area contributed by atoms with Crippen LogP contribution < -0.4 is 5.32 Å². The fourth-order valence-corrected chi connectivity index (χ4v) is 2.61. The van der Waals surface area contributed by atoms with Gasteiger partial charge in [-0.3, -0.25) is 0 Å². The summed E-state index contributed by atoms with van der Waals surface area (Å²) in [7, 11) is 0.